The molecule has 0 radical (unpaired) electrons. The normalized spacial score (nSPS) is 14.0. The Labute approximate surface area is 200 Å². The van der Waals surface area contributed by atoms with Gasteiger partial charge >= 0.3 is 5.97 Å². The van der Waals surface area contributed by atoms with Crippen LogP contribution in [0.4, 0.5) is 0 Å². The fraction of sp³-hybridized carbons (Fsp3) is 0.360. The van der Waals surface area contributed by atoms with Crippen molar-refractivity contribution in [2.45, 2.75) is 45.6 Å². The Hall–Kier alpha value is -3.17. The van der Waals surface area contributed by atoms with Crippen LogP contribution in [-0.4, -0.2) is 48.7 Å². The van der Waals surface area contributed by atoms with E-state index in [9.17, 15) is 13.2 Å². The second kappa shape index (κ2) is 9.23. The number of benzene rings is 2. The fourth-order valence-corrected chi connectivity index (χ4v) is 5.76. The van der Waals surface area contributed by atoms with Crippen LogP contribution < -0.4 is 4.74 Å². The van der Waals surface area contributed by atoms with E-state index in [1.165, 1.54) is 11.4 Å². The second-order valence-electron chi connectivity index (χ2n) is 8.42. The van der Waals surface area contributed by atoms with Gasteiger partial charge in [-0.1, -0.05) is 17.7 Å². The fourth-order valence-electron chi connectivity index (χ4n) is 4.13. The summed E-state index contributed by atoms with van der Waals surface area (Å²) in [5.41, 5.74) is 5.24. The SMILES string of the molecule is CCOC(=O)c1nn(-c2ccc(C)cc2)c2c1CN(S(=O)(=O)c1cc(C)c(C)cc1OC)CC2. The van der Waals surface area contributed by atoms with Gasteiger partial charge in [-0.25, -0.2) is 17.9 Å². The molecule has 0 saturated heterocycles. The number of hydrogen-bond acceptors (Lipinski definition) is 6. The molecular formula is C25H29N3O5S. The summed E-state index contributed by atoms with van der Waals surface area (Å²) >= 11 is 0. The van der Waals surface area contributed by atoms with Crippen molar-refractivity contribution >= 4 is 16.0 Å². The third kappa shape index (κ3) is 4.21. The van der Waals surface area contributed by atoms with Crippen molar-refractivity contribution in [3.05, 3.63) is 70.0 Å². The summed E-state index contributed by atoms with van der Waals surface area (Å²) in [6.45, 7) is 7.98. The predicted molar refractivity (Wildman–Crippen MR) is 128 cm³/mol. The van der Waals surface area contributed by atoms with E-state index in [4.69, 9.17) is 9.47 Å². The third-order valence-electron chi connectivity index (χ3n) is 6.17. The van der Waals surface area contributed by atoms with Crippen LogP contribution in [0.3, 0.4) is 0 Å². The molecule has 0 bridgehead atoms. The molecule has 0 amide bonds. The number of nitrogens with zero attached hydrogens (tertiary/aromatic N) is 3. The molecule has 0 saturated carbocycles. The number of carbonyl (C=O) groups excluding carboxylic acids is 1. The molecule has 180 valence electrons. The number of esters is 1. The Kier molecular flexibility index (Phi) is 6.51. The molecule has 0 fully saturated rings. The molecule has 1 aromatic heterocycles. The van der Waals surface area contributed by atoms with E-state index in [0.29, 0.717) is 17.7 Å². The highest BCUT2D eigenvalue weighted by Crippen LogP contribution is 2.34. The van der Waals surface area contributed by atoms with Crippen molar-refractivity contribution in [1.29, 1.82) is 0 Å². The molecule has 0 atom stereocenters. The summed E-state index contributed by atoms with van der Waals surface area (Å²) in [5.74, 6) is -0.262. The third-order valence-corrected chi connectivity index (χ3v) is 8.03. The molecular weight excluding hydrogens is 454 g/mol. The average Bonchev–Trinajstić information content (AvgIpc) is 3.20. The van der Waals surface area contributed by atoms with E-state index >= 15 is 0 Å². The van der Waals surface area contributed by atoms with E-state index in [1.807, 2.05) is 45.0 Å². The zero-order valence-electron chi connectivity index (χ0n) is 20.1. The number of hydrogen-bond donors (Lipinski definition) is 0. The van der Waals surface area contributed by atoms with Crippen LogP contribution in [0.1, 0.15) is 45.4 Å². The summed E-state index contributed by atoms with van der Waals surface area (Å²) in [4.78, 5) is 12.9. The van der Waals surface area contributed by atoms with Crippen LogP contribution in [-0.2, 0) is 27.7 Å². The molecule has 9 heteroatoms. The highest BCUT2D eigenvalue weighted by Gasteiger charge is 2.36. The van der Waals surface area contributed by atoms with Crippen molar-refractivity contribution in [1.82, 2.24) is 14.1 Å². The number of aromatic nitrogens is 2. The minimum atomic E-state index is -3.88. The molecule has 1 aliphatic heterocycles. The Morgan fingerprint density at radius 3 is 2.41 bits per heavy atom. The van der Waals surface area contributed by atoms with Gasteiger partial charge in [-0.05, 0) is 63.1 Å². The maximum absolute atomic E-state index is 13.7. The van der Waals surface area contributed by atoms with Gasteiger partial charge in [-0.2, -0.15) is 9.40 Å². The van der Waals surface area contributed by atoms with E-state index in [0.717, 1.165) is 28.1 Å². The molecule has 34 heavy (non-hydrogen) atoms. The first kappa shape index (κ1) is 24.0. The predicted octanol–water partition coefficient (Wildman–Crippen LogP) is 3.73. The largest absolute Gasteiger partial charge is 0.495 e. The van der Waals surface area contributed by atoms with E-state index in [2.05, 4.69) is 5.10 Å². The smallest absolute Gasteiger partial charge is 0.359 e. The molecule has 8 nitrogen and oxygen atoms in total. The lowest BCUT2D eigenvalue weighted by atomic mass is 10.1. The molecule has 3 aromatic rings. The molecule has 0 N–H and O–H groups in total. The van der Waals surface area contributed by atoms with Crippen LogP contribution in [0.15, 0.2) is 41.3 Å². The summed E-state index contributed by atoms with van der Waals surface area (Å²) in [5, 5.41) is 4.55. The van der Waals surface area contributed by atoms with Crippen LogP contribution in [0, 0.1) is 20.8 Å². The zero-order valence-corrected chi connectivity index (χ0v) is 20.9. The van der Waals surface area contributed by atoms with Crippen molar-refractivity contribution in [3.8, 4) is 11.4 Å². The molecule has 0 spiro atoms. The van der Waals surface area contributed by atoms with Crippen LogP contribution in [0.5, 0.6) is 5.75 Å². The topological polar surface area (TPSA) is 90.7 Å². The quantitative estimate of drug-likeness (QED) is 0.496. The molecule has 0 unspecified atom stereocenters. The lowest BCUT2D eigenvalue weighted by Gasteiger charge is -2.28. The van der Waals surface area contributed by atoms with E-state index in [1.54, 1.807) is 23.7 Å². The van der Waals surface area contributed by atoms with E-state index in [-0.39, 0.29) is 30.3 Å². The minimum absolute atomic E-state index is 0.0216. The Morgan fingerprint density at radius 2 is 1.76 bits per heavy atom. The maximum atomic E-state index is 13.7. The minimum Gasteiger partial charge on any atom is -0.495 e. The first-order valence-electron chi connectivity index (χ1n) is 11.2. The second-order valence-corrected chi connectivity index (χ2v) is 10.3. The van der Waals surface area contributed by atoms with Crippen molar-refractivity contribution in [2.75, 3.05) is 20.3 Å². The first-order chi connectivity index (χ1) is 16.2. The van der Waals surface area contributed by atoms with Gasteiger partial charge in [0, 0.05) is 25.1 Å². The number of ether oxygens (including phenoxy) is 2. The van der Waals surface area contributed by atoms with Crippen molar-refractivity contribution in [2.24, 2.45) is 0 Å². The Balaban J connectivity index is 1.79. The lowest BCUT2D eigenvalue weighted by molar-refractivity contribution is 0.0517. The van der Waals surface area contributed by atoms with Crippen molar-refractivity contribution in [3.63, 3.8) is 0 Å². The summed E-state index contributed by atoms with van der Waals surface area (Å²) in [7, 11) is -2.42. The van der Waals surface area contributed by atoms with Gasteiger partial charge in [0.05, 0.1) is 25.1 Å². The number of rotatable bonds is 6. The number of methoxy groups -OCH3 is 1. The average molecular weight is 484 g/mol. The Bertz CT molecular complexity index is 1340. The molecule has 1 aliphatic rings. The van der Waals surface area contributed by atoms with Crippen molar-refractivity contribution < 1.29 is 22.7 Å². The number of fused-ring (bicyclic) bond motifs is 1. The highest BCUT2D eigenvalue weighted by molar-refractivity contribution is 7.89. The van der Waals surface area contributed by atoms with Crippen LogP contribution in [0.25, 0.3) is 5.69 Å². The lowest BCUT2D eigenvalue weighted by Crippen LogP contribution is -2.37. The summed E-state index contributed by atoms with van der Waals surface area (Å²) in [6, 6.07) is 11.2. The van der Waals surface area contributed by atoms with Gasteiger partial charge in [0.2, 0.25) is 10.0 Å². The monoisotopic (exact) mass is 483 g/mol. The summed E-state index contributed by atoms with van der Waals surface area (Å²) < 4.78 is 41.1. The maximum Gasteiger partial charge on any atom is 0.359 e. The number of aryl methyl sites for hydroxylation is 3. The summed E-state index contributed by atoms with van der Waals surface area (Å²) in [6.07, 6.45) is 0.405. The molecule has 4 rings (SSSR count). The molecule has 2 aromatic carbocycles. The van der Waals surface area contributed by atoms with Gasteiger partial charge in [-0.15, -0.1) is 0 Å². The first-order valence-corrected chi connectivity index (χ1v) is 12.6. The molecule has 0 aliphatic carbocycles. The highest BCUT2D eigenvalue weighted by atomic mass is 32.2. The molecule has 2 heterocycles. The van der Waals surface area contributed by atoms with Gasteiger partial charge < -0.3 is 9.47 Å². The van der Waals surface area contributed by atoms with Gasteiger partial charge in [0.1, 0.15) is 10.6 Å². The Morgan fingerprint density at radius 1 is 1.09 bits per heavy atom. The van der Waals surface area contributed by atoms with Crippen LogP contribution in [0.2, 0.25) is 0 Å². The standard InChI is InChI=1S/C25H29N3O5S/c1-6-33-25(29)24-20-15-27(34(30,31)23-14-18(4)17(3)13-22(23)32-5)12-11-21(20)28(26-24)19-9-7-16(2)8-10-19/h7-10,13-14H,6,11-12,15H2,1-5H3. The van der Waals surface area contributed by atoms with Gasteiger partial charge in [0.25, 0.3) is 0 Å². The zero-order chi connectivity index (χ0) is 24.6. The van der Waals surface area contributed by atoms with Gasteiger partial charge in [-0.3, -0.25) is 0 Å². The van der Waals surface area contributed by atoms with Crippen LogP contribution >= 0.6 is 0 Å². The van der Waals surface area contributed by atoms with E-state index < -0.39 is 16.0 Å². The number of sulfonamides is 1. The van der Waals surface area contributed by atoms with Gasteiger partial charge in [0.15, 0.2) is 5.69 Å². The number of carbonyl (C=O) groups is 1.